The first-order chi connectivity index (χ1) is 27.5. The molecule has 0 fully saturated rings. The SMILES string of the molecule is CC1(C)c2cc(-c3ccc4c(c3)c3ccccc3c3c5ccccc5sc43)ccc2-c2ccc(-c3c4ccccc4c(-c4ccccc4)c4ccccc34)cc21. The van der Waals surface area contributed by atoms with Gasteiger partial charge in [0.1, 0.15) is 0 Å². The van der Waals surface area contributed by atoms with Crippen molar-refractivity contribution < 1.29 is 0 Å². The van der Waals surface area contributed by atoms with Crippen LogP contribution in [0, 0.1) is 0 Å². The van der Waals surface area contributed by atoms with E-state index < -0.39 is 0 Å². The van der Waals surface area contributed by atoms with Crippen molar-refractivity contribution in [1.82, 2.24) is 0 Å². The average Bonchev–Trinajstić information content (AvgIpc) is 3.75. The monoisotopic (exact) mass is 728 g/mol. The van der Waals surface area contributed by atoms with Crippen LogP contribution in [-0.2, 0) is 5.41 Å². The van der Waals surface area contributed by atoms with Gasteiger partial charge in [0.25, 0.3) is 0 Å². The van der Waals surface area contributed by atoms with Gasteiger partial charge in [-0.15, -0.1) is 11.3 Å². The molecule has 262 valence electrons. The third-order valence-electron chi connectivity index (χ3n) is 12.6. The average molecular weight is 729 g/mol. The van der Waals surface area contributed by atoms with E-state index in [2.05, 4.69) is 196 Å². The van der Waals surface area contributed by atoms with Crippen LogP contribution in [0.15, 0.2) is 182 Å². The van der Waals surface area contributed by atoms with Crippen LogP contribution in [0.5, 0.6) is 0 Å². The molecule has 0 aliphatic heterocycles. The summed E-state index contributed by atoms with van der Waals surface area (Å²) in [7, 11) is 0. The zero-order chi connectivity index (χ0) is 37.1. The number of hydrogen-bond acceptors (Lipinski definition) is 1. The minimum absolute atomic E-state index is 0.168. The van der Waals surface area contributed by atoms with Gasteiger partial charge in [-0.25, -0.2) is 0 Å². The molecule has 0 amide bonds. The van der Waals surface area contributed by atoms with Gasteiger partial charge >= 0.3 is 0 Å². The van der Waals surface area contributed by atoms with Crippen molar-refractivity contribution in [1.29, 1.82) is 0 Å². The molecule has 0 N–H and O–H groups in total. The Balaban J connectivity index is 1.01. The van der Waals surface area contributed by atoms with Gasteiger partial charge in [0, 0.05) is 31.0 Å². The van der Waals surface area contributed by atoms with Gasteiger partial charge in [-0.05, 0) is 118 Å². The van der Waals surface area contributed by atoms with E-state index in [9.17, 15) is 0 Å². The molecule has 11 aromatic rings. The third kappa shape index (κ3) is 4.41. The van der Waals surface area contributed by atoms with E-state index in [0.29, 0.717) is 0 Å². The lowest BCUT2D eigenvalue weighted by Crippen LogP contribution is -2.15. The molecule has 0 saturated heterocycles. The van der Waals surface area contributed by atoms with Gasteiger partial charge in [-0.2, -0.15) is 0 Å². The summed E-state index contributed by atoms with van der Waals surface area (Å²) < 4.78 is 2.72. The van der Waals surface area contributed by atoms with Gasteiger partial charge in [0.15, 0.2) is 0 Å². The van der Waals surface area contributed by atoms with Crippen molar-refractivity contribution in [3.63, 3.8) is 0 Å². The molecule has 0 bridgehead atoms. The Morgan fingerprint density at radius 3 is 1.48 bits per heavy atom. The van der Waals surface area contributed by atoms with Crippen molar-refractivity contribution in [2.24, 2.45) is 0 Å². The summed E-state index contributed by atoms with van der Waals surface area (Å²) in [6.45, 7) is 4.82. The first-order valence-corrected chi connectivity index (χ1v) is 20.4. The van der Waals surface area contributed by atoms with Crippen LogP contribution in [0.3, 0.4) is 0 Å². The molecule has 1 heterocycles. The summed E-state index contributed by atoms with van der Waals surface area (Å²) in [6, 6.07) is 68.2. The quantitative estimate of drug-likeness (QED) is 0.126. The number of rotatable bonds is 3. The van der Waals surface area contributed by atoms with E-state index in [1.165, 1.54) is 119 Å². The van der Waals surface area contributed by atoms with Crippen LogP contribution < -0.4 is 0 Å². The highest BCUT2D eigenvalue weighted by atomic mass is 32.1. The normalized spacial score (nSPS) is 13.3. The third-order valence-corrected chi connectivity index (χ3v) is 13.8. The Bertz CT molecular complexity index is 3380. The second-order valence-electron chi connectivity index (χ2n) is 16.0. The molecule has 0 saturated carbocycles. The van der Waals surface area contributed by atoms with Crippen LogP contribution in [0.1, 0.15) is 25.0 Å². The number of hydrogen-bond donors (Lipinski definition) is 0. The molecule has 1 heteroatoms. The van der Waals surface area contributed by atoms with Gasteiger partial charge in [0.2, 0.25) is 0 Å². The fourth-order valence-electron chi connectivity index (χ4n) is 10.0. The van der Waals surface area contributed by atoms with Crippen LogP contribution in [-0.4, -0.2) is 0 Å². The van der Waals surface area contributed by atoms with Gasteiger partial charge in [-0.3, -0.25) is 0 Å². The van der Waals surface area contributed by atoms with E-state index >= 15 is 0 Å². The minimum Gasteiger partial charge on any atom is -0.135 e. The number of thiophene rings is 1. The molecule has 0 atom stereocenters. The van der Waals surface area contributed by atoms with Gasteiger partial charge < -0.3 is 0 Å². The van der Waals surface area contributed by atoms with Crippen molar-refractivity contribution in [2.75, 3.05) is 0 Å². The molecule has 0 spiro atoms. The Morgan fingerprint density at radius 2 is 0.821 bits per heavy atom. The van der Waals surface area contributed by atoms with E-state index in [1.807, 2.05) is 11.3 Å². The minimum atomic E-state index is -0.168. The second kappa shape index (κ2) is 11.7. The molecule has 1 aromatic heterocycles. The highest BCUT2D eigenvalue weighted by Crippen LogP contribution is 2.53. The lowest BCUT2D eigenvalue weighted by atomic mass is 9.80. The first-order valence-electron chi connectivity index (χ1n) is 19.6. The zero-order valence-electron chi connectivity index (χ0n) is 31.2. The van der Waals surface area contributed by atoms with Crippen molar-refractivity contribution >= 4 is 74.6 Å². The number of benzene rings is 10. The maximum Gasteiger partial charge on any atom is 0.0440 e. The maximum atomic E-state index is 2.49. The predicted octanol–water partition coefficient (Wildman–Crippen LogP) is 16.0. The van der Waals surface area contributed by atoms with Gasteiger partial charge in [-0.1, -0.05) is 172 Å². The van der Waals surface area contributed by atoms with Crippen molar-refractivity contribution in [2.45, 2.75) is 19.3 Å². The fraction of sp³-hybridized carbons (Fsp3) is 0.0545. The summed E-state index contributed by atoms with van der Waals surface area (Å²) in [5.41, 5.74) is 12.9. The van der Waals surface area contributed by atoms with E-state index in [0.717, 1.165) is 0 Å². The van der Waals surface area contributed by atoms with Crippen molar-refractivity contribution in [3.05, 3.63) is 193 Å². The zero-order valence-corrected chi connectivity index (χ0v) is 32.0. The highest BCUT2D eigenvalue weighted by Gasteiger charge is 2.36. The first kappa shape index (κ1) is 31.8. The Labute approximate surface area is 329 Å². The molecule has 1 aliphatic rings. The number of fused-ring (bicyclic) bond motifs is 13. The van der Waals surface area contributed by atoms with Gasteiger partial charge in [0.05, 0.1) is 0 Å². The molecule has 0 radical (unpaired) electrons. The maximum absolute atomic E-state index is 2.49. The molecule has 56 heavy (non-hydrogen) atoms. The van der Waals surface area contributed by atoms with E-state index in [-0.39, 0.29) is 5.41 Å². The van der Waals surface area contributed by atoms with E-state index in [1.54, 1.807) is 0 Å². The molecular weight excluding hydrogens is 693 g/mol. The summed E-state index contributed by atoms with van der Waals surface area (Å²) >= 11 is 1.92. The molecule has 0 nitrogen and oxygen atoms in total. The fourth-order valence-corrected chi connectivity index (χ4v) is 11.3. The van der Waals surface area contributed by atoms with Crippen LogP contribution in [0.4, 0.5) is 0 Å². The molecular formula is C55H36S. The lowest BCUT2D eigenvalue weighted by Gasteiger charge is -2.23. The molecule has 1 aliphatic carbocycles. The topological polar surface area (TPSA) is 0 Å². The predicted molar refractivity (Wildman–Crippen MR) is 243 cm³/mol. The Hall–Kier alpha value is -6.54. The Morgan fingerprint density at radius 1 is 0.339 bits per heavy atom. The summed E-state index contributed by atoms with van der Waals surface area (Å²) in [4.78, 5) is 0. The summed E-state index contributed by atoms with van der Waals surface area (Å²) in [5, 5.41) is 13.2. The van der Waals surface area contributed by atoms with E-state index in [4.69, 9.17) is 0 Å². The largest absolute Gasteiger partial charge is 0.135 e. The van der Waals surface area contributed by atoms with Crippen LogP contribution >= 0.6 is 11.3 Å². The summed E-state index contributed by atoms with van der Waals surface area (Å²) in [6.07, 6.45) is 0. The van der Waals surface area contributed by atoms with Crippen molar-refractivity contribution in [3.8, 4) is 44.5 Å². The standard InChI is InChI=1S/C55H36S/c1-55(2)48-31-35(34-25-29-45-47(30-34)37-16-6-7-17-40(37)53-46-22-12-13-23-50(46)56-54(45)53)24-27-38(48)39-28-26-36(32-49(39)55)52-43-20-10-8-18-41(43)51(33-14-4-3-5-15-33)42-19-9-11-21-44(42)52/h3-32H,1-2H3. The lowest BCUT2D eigenvalue weighted by molar-refractivity contribution is 0.661. The molecule has 0 unspecified atom stereocenters. The second-order valence-corrected chi connectivity index (χ2v) is 17.0. The summed E-state index contributed by atoms with van der Waals surface area (Å²) in [5.74, 6) is 0. The molecule has 12 rings (SSSR count). The molecule has 10 aromatic carbocycles. The van der Waals surface area contributed by atoms with Crippen LogP contribution in [0.2, 0.25) is 0 Å². The smallest absolute Gasteiger partial charge is 0.0440 e. The Kier molecular flexibility index (Phi) is 6.66. The van der Waals surface area contributed by atoms with Crippen LogP contribution in [0.25, 0.3) is 108 Å². The highest BCUT2D eigenvalue weighted by molar-refractivity contribution is 7.27.